The maximum atomic E-state index is 12.6. The molecule has 0 amide bonds. The normalized spacial score (nSPS) is 10.7. The Morgan fingerprint density at radius 2 is 1.90 bits per heavy atom. The van der Waals surface area contributed by atoms with Crippen molar-refractivity contribution in [2.24, 2.45) is 0 Å². The predicted octanol–water partition coefficient (Wildman–Crippen LogP) is 1.82. The van der Waals surface area contributed by atoms with Crippen molar-refractivity contribution < 1.29 is 8.42 Å². The summed E-state index contributed by atoms with van der Waals surface area (Å²) in [6.45, 7) is 0. The van der Waals surface area contributed by atoms with Crippen LogP contribution in [0, 0.1) is 11.3 Å². The number of pyridine rings is 1. The molecule has 7 heteroatoms. The van der Waals surface area contributed by atoms with Gasteiger partial charge in [0, 0.05) is 26.4 Å². The van der Waals surface area contributed by atoms with E-state index in [0.717, 1.165) is 0 Å². The van der Waals surface area contributed by atoms with Gasteiger partial charge in [-0.3, -0.25) is 4.31 Å². The first kappa shape index (κ1) is 14.8. The Balaban J connectivity index is 2.39. The van der Waals surface area contributed by atoms with Crippen molar-refractivity contribution in [3.8, 4) is 6.07 Å². The van der Waals surface area contributed by atoms with Crippen LogP contribution in [0.15, 0.2) is 47.5 Å². The van der Waals surface area contributed by atoms with Crippen LogP contribution in [-0.4, -0.2) is 27.5 Å². The fraction of sp³-hybridized carbons (Fsp3) is 0.143. The summed E-state index contributed by atoms with van der Waals surface area (Å²) in [4.78, 5) is 4.14. The van der Waals surface area contributed by atoms with Crippen LogP contribution < -0.4 is 9.62 Å². The SMILES string of the molecule is CNc1cc(S(=O)(=O)N(C)c2ccc(C#N)cc2)ccn1. The van der Waals surface area contributed by atoms with Gasteiger partial charge in [-0.15, -0.1) is 0 Å². The summed E-state index contributed by atoms with van der Waals surface area (Å²) in [5.74, 6) is 0.476. The second-order valence-corrected chi connectivity index (χ2v) is 6.23. The van der Waals surface area contributed by atoms with E-state index in [0.29, 0.717) is 17.1 Å². The van der Waals surface area contributed by atoms with E-state index in [-0.39, 0.29) is 4.90 Å². The zero-order chi connectivity index (χ0) is 15.5. The highest BCUT2D eigenvalue weighted by atomic mass is 32.2. The highest BCUT2D eigenvalue weighted by molar-refractivity contribution is 7.92. The number of benzene rings is 1. The van der Waals surface area contributed by atoms with Crippen LogP contribution in [-0.2, 0) is 10.0 Å². The molecule has 2 rings (SSSR count). The van der Waals surface area contributed by atoms with Crippen molar-refractivity contribution in [1.82, 2.24) is 4.98 Å². The molecule has 0 saturated heterocycles. The minimum atomic E-state index is -3.67. The Kier molecular flexibility index (Phi) is 4.10. The van der Waals surface area contributed by atoms with E-state index < -0.39 is 10.0 Å². The van der Waals surface area contributed by atoms with Crippen LogP contribution in [0.5, 0.6) is 0 Å². The monoisotopic (exact) mass is 302 g/mol. The predicted molar refractivity (Wildman–Crippen MR) is 80.5 cm³/mol. The highest BCUT2D eigenvalue weighted by Crippen LogP contribution is 2.23. The van der Waals surface area contributed by atoms with E-state index in [1.54, 1.807) is 31.3 Å². The number of aromatic nitrogens is 1. The van der Waals surface area contributed by atoms with Crippen molar-refractivity contribution in [2.45, 2.75) is 4.90 Å². The molecule has 6 nitrogen and oxygen atoms in total. The average molecular weight is 302 g/mol. The summed E-state index contributed by atoms with van der Waals surface area (Å²) in [5.41, 5.74) is 0.961. The van der Waals surface area contributed by atoms with Gasteiger partial charge in [0.1, 0.15) is 5.82 Å². The third kappa shape index (κ3) is 2.95. The largest absolute Gasteiger partial charge is 0.373 e. The Morgan fingerprint density at radius 1 is 1.24 bits per heavy atom. The van der Waals surface area contributed by atoms with Gasteiger partial charge in [-0.05, 0) is 30.3 Å². The Bertz CT molecular complexity index is 779. The summed E-state index contributed by atoms with van der Waals surface area (Å²) in [5, 5.41) is 11.6. The van der Waals surface area contributed by atoms with Crippen LogP contribution >= 0.6 is 0 Å². The van der Waals surface area contributed by atoms with Crippen LogP contribution in [0.25, 0.3) is 0 Å². The minimum Gasteiger partial charge on any atom is -0.373 e. The summed E-state index contributed by atoms with van der Waals surface area (Å²) < 4.78 is 26.3. The lowest BCUT2D eigenvalue weighted by Crippen LogP contribution is -2.26. The molecule has 0 unspecified atom stereocenters. The number of hydrogen-bond acceptors (Lipinski definition) is 5. The molecule has 1 heterocycles. The molecule has 108 valence electrons. The fourth-order valence-electron chi connectivity index (χ4n) is 1.75. The van der Waals surface area contributed by atoms with Crippen LogP contribution in [0.2, 0.25) is 0 Å². The van der Waals surface area contributed by atoms with Gasteiger partial charge >= 0.3 is 0 Å². The van der Waals surface area contributed by atoms with Gasteiger partial charge in [-0.25, -0.2) is 13.4 Å². The van der Waals surface area contributed by atoms with E-state index in [4.69, 9.17) is 5.26 Å². The molecular formula is C14H14N4O2S. The number of nitrogens with one attached hydrogen (secondary N) is 1. The molecule has 1 aromatic carbocycles. The van der Waals surface area contributed by atoms with Gasteiger partial charge in [0.05, 0.1) is 22.2 Å². The number of anilines is 2. The average Bonchev–Trinajstić information content (AvgIpc) is 2.54. The molecule has 2 aromatic rings. The molecule has 0 saturated carbocycles. The molecule has 1 aromatic heterocycles. The van der Waals surface area contributed by atoms with E-state index in [1.165, 1.54) is 29.7 Å². The molecule has 21 heavy (non-hydrogen) atoms. The lowest BCUT2D eigenvalue weighted by atomic mass is 10.2. The third-order valence-electron chi connectivity index (χ3n) is 3.01. The second-order valence-electron chi connectivity index (χ2n) is 4.26. The van der Waals surface area contributed by atoms with Gasteiger partial charge in [0.25, 0.3) is 10.0 Å². The first-order valence-electron chi connectivity index (χ1n) is 6.12. The van der Waals surface area contributed by atoms with E-state index in [1.807, 2.05) is 6.07 Å². The van der Waals surface area contributed by atoms with Gasteiger partial charge in [-0.1, -0.05) is 0 Å². The van der Waals surface area contributed by atoms with Gasteiger partial charge < -0.3 is 5.32 Å². The Labute approximate surface area is 123 Å². The standard InChI is InChI=1S/C14H14N4O2S/c1-16-14-9-13(7-8-17-14)21(19,20)18(2)12-5-3-11(10-15)4-6-12/h3-9H,1-2H3,(H,16,17). The van der Waals surface area contributed by atoms with Crippen molar-refractivity contribution >= 4 is 21.5 Å². The Hall–Kier alpha value is -2.59. The number of nitrogens with zero attached hydrogens (tertiary/aromatic N) is 3. The minimum absolute atomic E-state index is 0.147. The molecule has 0 atom stereocenters. The molecule has 0 radical (unpaired) electrons. The van der Waals surface area contributed by atoms with Crippen molar-refractivity contribution in [3.63, 3.8) is 0 Å². The lowest BCUT2D eigenvalue weighted by molar-refractivity contribution is 0.594. The van der Waals surface area contributed by atoms with E-state index in [2.05, 4.69) is 10.3 Å². The number of hydrogen-bond donors (Lipinski definition) is 1. The molecule has 0 bridgehead atoms. The maximum absolute atomic E-state index is 12.6. The van der Waals surface area contributed by atoms with Crippen LogP contribution in [0.3, 0.4) is 0 Å². The van der Waals surface area contributed by atoms with Crippen molar-refractivity contribution in [2.75, 3.05) is 23.7 Å². The quantitative estimate of drug-likeness (QED) is 0.931. The van der Waals surface area contributed by atoms with E-state index in [9.17, 15) is 8.42 Å². The maximum Gasteiger partial charge on any atom is 0.264 e. The summed E-state index contributed by atoms with van der Waals surface area (Å²) in [6.07, 6.45) is 1.44. The molecule has 0 aliphatic rings. The first-order valence-corrected chi connectivity index (χ1v) is 7.56. The molecule has 1 N–H and O–H groups in total. The van der Waals surface area contributed by atoms with Gasteiger partial charge in [-0.2, -0.15) is 5.26 Å². The number of rotatable bonds is 4. The fourth-order valence-corrected chi connectivity index (χ4v) is 2.96. The van der Waals surface area contributed by atoms with Crippen molar-refractivity contribution in [1.29, 1.82) is 5.26 Å². The molecule has 0 aliphatic heterocycles. The zero-order valence-electron chi connectivity index (χ0n) is 11.6. The molecule has 0 fully saturated rings. The molecule has 0 aliphatic carbocycles. The number of nitriles is 1. The van der Waals surface area contributed by atoms with Crippen molar-refractivity contribution in [3.05, 3.63) is 48.2 Å². The third-order valence-corrected chi connectivity index (χ3v) is 4.79. The van der Waals surface area contributed by atoms with Crippen LogP contribution in [0.4, 0.5) is 11.5 Å². The summed E-state index contributed by atoms with van der Waals surface area (Å²) >= 11 is 0. The highest BCUT2D eigenvalue weighted by Gasteiger charge is 2.21. The zero-order valence-corrected chi connectivity index (χ0v) is 12.4. The summed E-state index contributed by atoms with van der Waals surface area (Å²) in [6, 6.07) is 11.2. The summed E-state index contributed by atoms with van der Waals surface area (Å²) in [7, 11) is -0.536. The van der Waals surface area contributed by atoms with E-state index >= 15 is 0 Å². The van der Waals surface area contributed by atoms with Gasteiger partial charge in [0.2, 0.25) is 0 Å². The molecule has 0 spiro atoms. The second kappa shape index (κ2) is 5.81. The Morgan fingerprint density at radius 3 is 2.48 bits per heavy atom. The van der Waals surface area contributed by atoms with Gasteiger partial charge in [0.15, 0.2) is 0 Å². The smallest absolute Gasteiger partial charge is 0.264 e. The lowest BCUT2D eigenvalue weighted by Gasteiger charge is -2.19. The number of sulfonamides is 1. The van der Waals surface area contributed by atoms with Crippen LogP contribution in [0.1, 0.15) is 5.56 Å². The molecular weight excluding hydrogens is 288 g/mol. The first-order chi connectivity index (χ1) is 9.98. The topological polar surface area (TPSA) is 86.1 Å².